The lowest BCUT2D eigenvalue weighted by molar-refractivity contribution is -0.660. The molecule has 0 saturated carbocycles. The summed E-state index contributed by atoms with van der Waals surface area (Å²) in [5.74, 6) is -10.3. The van der Waals surface area contributed by atoms with E-state index in [-0.39, 0.29) is 33.6 Å². The standard InChI is InChI=1S/C36H40NO/c1-20(2)28-19-37(9)31(18-24(28)8)32-23(7)14-15-25-26-16-17-30-33(35(26)38-34(25)32)27-12-10-11-13-29(27)36(30,21(3)4)22(5)6/h10-22H,1-9H3/q+1/i1D3,3D3,4D3,5D3,6D3,8D3,20D,21D,22D. The molecule has 0 radical (unpaired) electrons. The third kappa shape index (κ3) is 3.16. The maximum atomic E-state index is 9.66. The summed E-state index contributed by atoms with van der Waals surface area (Å²) >= 11 is 0. The zero-order valence-corrected chi connectivity index (χ0v) is 21.1. The van der Waals surface area contributed by atoms with Gasteiger partial charge in [0.05, 0.1) is 5.56 Å². The van der Waals surface area contributed by atoms with E-state index in [1.165, 1.54) is 48.1 Å². The van der Waals surface area contributed by atoms with Gasteiger partial charge in [0.1, 0.15) is 18.2 Å². The van der Waals surface area contributed by atoms with Crippen molar-refractivity contribution in [1.29, 1.82) is 0 Å². The fourth-order valence-electron chi connectivity index (χ4n) is 5.93. The van der Waals surface area contributed by atoms with E-state index >= 15 is 0 Å². The Balaban J connectivity index is 1.85. The van der Waals surface area contributed by atoms with E-state index in [0.717, 1.165) is 19.1 Å². The Morgan fingerprint density at radius 3 is 2.26 bits per heavy atom. The van der Waals surface area contributed by atoms with Crippen molar-refractivity contribution in [2.45, 2.75) is 66.3 Å². The molecule has 194 valence electrons. The van der Waals surface area contributed by atoms with Crippen LogP contribution in [0.5, 0.6) is 0 Å². The molecule has 2 nitrogen and oxygen atoms in total. The molecule has 6 rings (SSSR count). The van der Waals surface area contributed by atoms with Crippen molar-refractivity contribution < 1.29 is 37.8 Å². The monoisotopic (exact) mass is 523 g/mol. The Kier molecular flexibility index (Phi) is 2.40. The van der Waals surface area contributed by atoms with Gasteiger partial charge in [-0.1, -0.05) is 89.7 Å². The fraction of sp³-hybridized carbons (Fsp3) is 0.361. The highest BCUT2D eigenvalue weighted by Gasteiger charge is 2.48. The van der Waals surface area contributed by atoms with Crippen LogP contribution in [0.3, 0.4) is 0 Å². The summed E-state index contributed by atoms with van der Waals surface area (Å²) in [6.07, 6.45) is 1.26. The topological polar surface area (TPSA) is 17.0 Å². The average Bonchev–Trinajstić information content (AvgIpc) is 3.58. The van der Waals surface area contributed by atoms with Gasteiger partial charge in [-0.05, 0) is 59.3 Å². The van der Waals surface area contributed by atoms with Crippen LogP contribution in [0.4, 0.5) is 0 Å². The minimum Gasteiger partial charge on any atom is -0.454 e. The summed E-state index contributed by atoms with van der Waals surface area (Å²) in [5.41, 5.74) is -4.37. The third-order valence-corrected chi connectivity index (χ3v) is 7.71. The number of benzene rings is 3. The molecule has 5 aromatic rings. The first-order chi connectivity index (χ1) is 26.5. The van der Waals surface area contributed by atoms with Gasteiger partial charge in [0.2, 0.25) is 5.69 Å². The molecule has 1 aliphatic carbocycles. The first-order valence-electron chi connectivity index (χ1n) is 22.6. The minimum absolute atomic E-state index is 0.0697. The van der Waals surface area contributed by atoms with Crippen LogP contribution in [0.2, 0.25) is 0 Å². The van der Waals surface area contributed by atoms with E-state index in [1.54, 1.807) is 19.1 Å². The maximum absolute atomic E-state index is 9.66. The van der Waals surface area contributed by atoms with Gasteiger partial charge in [0, 0.05) is 62.2 Å². The summed E-state index contributed by atoms with van der Waals surface area (Å²) in [4.78, 5) is 0. The van der Waals surface area contributed by atoms with E-state index < -0.39 is 80.9 Å². The predicted octanol–water partition coefficient (Wildman–Crippen LogP) is 9.40. The Labute approximate surface area is 256 Å². The minimum atomic E-state index is -4.00. The molecule has 38 heavy (non-hydrogen) atoms. The highest BCUT2D eigenvalue weighted by atomic mass is 16.3. The first kappa shape index (κ1) is 10.6. The summed E-state index contributed by atoms with van der Waals surface area (Å²) in [6, 6.07) is 12.4. The van der Waals surface area contributed by atoms with Gasteiger partial charge in [-0.2, -0.15) is 0 Å². The second kappa shape index (κ2) is 8.56. The van der Waals surface area contributed by atoms with Crippen molar-refractivity contribution in [2.24, 2.45) is 18.8 Å². The van der Waals surface area contributed by atoms with Crippen LogP contribution >= 0.6 is 0 Å². The summed E-state index contributed by atoms with van der Waals surface area (Å²) in [7, 11) is 1.52. The Bertz CT molecular complexity index is 2440. The van der Waals surface area contributed by atoms with Crippen LogP contribution < -0.4 is 4.57 Å². The second-order valence-corrected chi connectivity index (χ2v) is 9.87. The van der Waals surface area contributed by atoms with Crippen molar-refractivity contribution >= 4 is 21.9 Å². The number of hydrogen-bond donors (Lipinski definition) is 0. The van der Waals surface area contributed by atoms with Gasteiger partial charge in [-0.25, -0.2) is 4.57 Å². The summed E-state index contributed by atoms with van der Waals surface area (Å²) < 4.78 is 188. The molecule has 0 amide bonds. The molecular formula is C36H40NO+. The molecule has 1 atom stereocenters. The van der Waals surface area contributed by atoms with Gasteiger partial charge >= 0.3 is 0 Å². The molecule has 1 unspecified atom stereocenters. The van der Waals surface area contributed by atoms with E-state index in [4.69, 9.17) is 30.5 Å². The number of pyridine rings is 1. The zero-order valence-electron chi connectivity index (χ0n) is 42.1. The SMILES string of the molecule is [2H]C([2H])([2H])c1cc(-c2c(C)ccc3c2oc2c4c(ccc23)C(C([2H])(C([2H])([2H])[2H])C([2H])([2H])[2H])(C([2H])(C([2H])([2H])[2H])C([2H])([2H])[2H])c2ccccc2-4)[n+](C)cc1C([2H])(C)C([2H])([2H])[2H]. The van der Waals surface area contributed by atoms with Crippen LogP contribution in [0.15, 0.2) is 65.2 Å². The van der Waals surface area contributed by atoms with Gasteiger partial charge < -0.3 is 4.42 Å². The number of aryl methyl sites for hydroxylation is 3. The summed E-state index contributed by atoms with van der Waals surface area (Å²) in [6.45, 7) is -18.8. The molecular weight excluding hydrogens is 462 g/mol. The smallest absolute Gasteiger partial charge is 0.216 e. The van der Waals surface area contributed by atoms with Crippen LogP contribution in [0, 0.1) is 25.6 Å². The highest BCUT2D eigenvalue weighted by Crippen LogP contribution is 2.58. The number of rotatable bonds is 4. The van der Waals surface area contributed by atoms with E-state index in [0.29, 0.717) is 21.9 Å². The van der Waals surface area contributed by atoms with E-state index in [2.05, 4.69) is 0 Å². The predicted molar refractivity (Wildman–Crippen MR) is 160 cm³/mol. The number of nitrogens with zero attached hydrogens (tertiary/aromatic N) is 1. The second-order valence-electron chi connectivity index (χ2n) is 9.87. The van der Waals surface area contributed by atoms with Crippen molar-refractivity contribution in [2.75, 3.05) is 0 Å². The molecule has 2 heterocycles. The lowest BCUT2D eigenvalue weighted by Gasteiger charge is -2.40. The molecule has 0 fully saturated rings. The van der Waals surface area contributed by atoms with Crippen LogP contribution in [-0.2, 0) is 12.5 Å². The van der Waals surface area contributed by atoms with Gasteiger partial charge in [-0.3, -0.25) is 0 Å². The molecule has 2 aromatic heterocycles. The lowest BCUT2D eigenvalue weighted by Crippen LogP contribution is -2.37. The lowest BCUT2D eigenvalue weighted by atomic mass is 9.63. The Morgan fingerprint density at radius 2 is 1.55 bits per heavy atom. The fourth-order valence-corrected chi connectivity index (χ4v) is 5.93. The average molecular weight is 524 g/mol. The summed E-state index contributed by atoms with van der Waals surface area (Å²) in [5, 5.41) is 0.664. The van der Waals surface area contributed by atoms with Gasteiger partial charge in [0.25, 0.3) is 0 Å². The molecule has 1 aliphatic rings. The molecule has 0 N–H and O–H groups in total. The van der Waals surface area contributed by atoms with Gasteiger partial charge in [0.15, 0.2) is 6.20 Å². The maximum Gasteiger partial charge on any atom is 0.216 e. The largest absolute Gasteiger partial charge is 0.454 e. The van der Waals surface area contributed by atoms with Crippen molar-refractivity contribution in [3.05, 3.63) is 88.6 Å². The van der Waals surface area contributed by atoms with Crippen LogP contribution in [0.1, 0.15) is 104 Å². The van der Waals surface area contributed by atoms with Crippen LogP contribution in [-0.4, -0.2) is 0 Å². The molecule has 0 bridgehead atoms. The van der Waals surface area contributed by atoms with E-state index in [9.17, 15) is 2.74 Å². The molecule has 0 saturated heterocycles. The number of furan rings is 1. The van der Waals surface area contributed by atoms with Crippen LogP contribution in [0.25, 0.3) is 44.3 Å². The van der Waals surface area contributed by atoms with Crippen molar-refractivity contribution in [1.82, 2.24) is 0 Å². The molecule has 0 aliphatic heterocycles. The first-order valence-corrected chi connectivity index (χ1v) is 12.1. The third-order valence-electron chi connectivity index (χ3n) is 7.71. The van der Waals surface area contributed by atoms with E-state index in [1.807, 2.05) is 0 Å². The number of fused-ring (bicyclic) bond motifs is 7. The zero-order chi connectivity index (χ0) is 44.9. The number of hydrogen-bond acceptors (Lipinski definition) is 1. The number of aromatic nitrogens is 1. The van der Waals surface area contributed by atoms with Crippen molar-refractivity contribution in [3.8, 4) is 22.4 Å². The molecule has 3 aromatic carbocycles. The molecule has 2 heteroatoms. The normalized spacial score (nSPS) is 26.6. The quantitative estimate of drug-likeness (QED) is 0.214. The van der Waals surface area contributed by atoms with Gasteiger partial charge in [-0.15, -0.1) is 0 Å². The Morgan fingerprint density at radius 1 is 0.842 bits per heavy atom. The van der Waals surface area contributed by atoms with Crippen molar-refractivity contribution in [3.63, 3.8) is 0 Å². The highest BCUT2D eigenvalue weighted by molar-refractivity contribution is 6.14. The molecule has 0 spiro atoms. The Hall–Kier alpha value is -3.39.